The maximum Gasteiger partial charge on any atom is 0.244 e. The zero-order valence-corrected chi connectivity index (χ0v) is 19.7. The molecule has 1 atom stereocenters. The van der Waals surface area contributed by atoms with Crippen LogP contribution in [0.25, 0.3) is 0 Å². The highest BCUT2D eigenvalue weighted by Crippen LogP contribution is 2.20. The Labute approximate surface area is 189 Å². The van der Waals surface area contributed by atoms with Crippen molar-refractivity contribution in [3.8, 4) is 0 Å². The molecular formula is C22H28ClN3O4S. The van der Waals surface area contributed by atoms with E-state index in [4.69, 9.17) is 11.6 Å². The molecule has 0 saturated carbocycles. The predicted octanol–water partition coefficient (Wildman–Crippen LogP) is 2.97. The number of anilines is 1. The number of sulfonamides is 1. The van der Waals surface area contributed by atoms with Crippen molar-refractivity contribution in [1.82, 2.24) is 10.2 Å². The summed E-state index contributed by atoms with van der Waals surface area (Å²) < 4.78 is 26.0. The minimum atomic E-state index is -3.73. The molecule has 9 heteroatoms. The van der Waals surface area contributed by atoms with Gasteiger partial charge < -0.3 is 10.2 Å². The van der Waals surface area contributed by atoms with Gasteiger partial charge in [-0.05, 0) is 43.2 Å². The average molecular weight is 466 g/mol. The van der Waals surface area contributed by atoms with Crippen LogP contribution in [0.3, 0.4) is 0 Å². The lowest BCUT2D eigenvalue weighted by atomic mass is 10.1. The second kappa shape index (κ2) is 10.6. The second-order valence-electron chi connectivity index (χ2n) is 7.29. The number of aryl methyl sites for hydroxylation is 1. The number of rotatable bonds is 9. The predicted molar refractivity (Wildman–Crippen MR) is 124 cm³/mol. The van der Waals surface area contributed by atoms with Gasteiger partial charge >= 0.3 is 0 Å². The van der Waals surface area contributed by atoms with Gasteiger partial charge in [-0.15, -0.1) is 0 Å². The smallest absolute Gasteiger partial charge is 0.244 e. The van der Waals surface area contributed by atoms with Gasteiger partial charge in [0.1, 0.15) is 12.6 Å². The minimum absolute atomic E-state index is 0.146. The number of likely N-dealkylation sites (N-methyl/N-ethyl adjacent to an activating group) is 1. The first-order valence-corrected chi connectivity index (χ1v) is 12.1. The summed E-state index contributed by atoms with van der Waals surface area (Å²) in [4.78, 5) is 27.2. The molecule has 0 saturated heterocycles. The Kier molecular flexibility index (Phi) is 8.47. The largest absolute Gasteiger partial charge is 0.357 e. The fourth-order valence-electron chi connectivity index (χ4n) is 3.20. The molecule has 168 valence electrons. The summed E-state index contributed by atoms with van der Waals surface area (Å²) in [6.45, 7) is 3.43. The number of nitrogens with zero attached hydrogens (tertiary/aromatic N) is 2. The van der Waals surface area contributed by atoms with Gasteiger partial charge in [0.15, 0.2) is 0 Å². The van der Waals surface area contributed by atoms with Crippen LogP contribution >= 0.6 is 11.6 Å². The maximum absolute atomic E-state index is 13.3. The van der Waals surface area contributed by atoms with Crippen molar-refractivity contribution < 1.29 is 18.0 Å². The van der Waals surface area contributed by atoms with Crippen molar-refractivity contribution in [2.45, 2.75) is 32.9 Å². The molecule has 0 heterocycles. The number of hydrogen-bond donors (Lipinski definition) is 1. The van der Waals surface area contributed by atoms with E-state index in [1.54, 1.807) is 55.5 Å². The molecular weight excluding hydrogens is 438 g/mol. The van der Waals surface area contributed by atoms with Crippen LogP contribution in [-0.4, -0.2) is 51.0 Å². The maximum atomic E-state index is 13.3. The number of carbonyl (C=O) groups is 2. The van der Waals surface area contributed by atoms with E-state index in [2.05, 4.69) is 5.32 Å². The fourth-order valence-corrected chi connectivity index (χ4v) is 4.17. The van der Waals surface area contributed by atoms with Crippen LogP contribution in [0.1, 0.15) is 24.5 Å². The Morgan fingerprint density at radius 1 is 1.06 bits per heavy atom. The lowest BCUT2D eigenvalue weighted by Gasteiger charge is -2.32. The molecule has 0 unspecified atom stereocenters. The number of amides is 2. The van der Waals surface area contributed by atoms with E-state index >= 15 is 0 Å². The van der Waals surface area contributed by atoms with Gasteiger partial charge in [-0.25, -0.2) is 8.42 Å². The minimum Gasteiger partial charge on any atom is -0.357 e. The first-order valence-electron chi connectivity index (χ1n) is 9.86. The topological polar surface area (TPSA) is 86.8 Å². The highest BCUT2D eigenvalue weighted by molar-refractivity contribution is 7.92. The van der Waals surface area contributed by atoms with Gasteiger partial charge in [0, 0.05) is 18.6 Å². The summed E-state index contributed by atoms with van der Waals surface area (Å²) in [5.74, 6) is -0.789. The molecule has 2 aromatic rings. The SMILES string of the molecule is CC[C@H](C(=O)NC)N(Cc1ccc(Cl)cc1)C(=O)CN(c1ccc(C)cc1)S(C)(=O)=O. The summed E-state index contributed by atoms with van der Waals surface area (Å²) >= 11 is 5.95. The van der Waals surface area contributed by atoms with E-state index < -0.39 is 28.5 Å². The molecule has 1 N–H and O–H groups in total. The quantitative estimate of drug-likeness (QED) is 0.616. The number of nitrogens with one attached hydrogen (secondary N) is 1. The lowest BCUT2D eigenvalue weighted by molar-refractivity contribution is -0.140. The monoisotopic (exact) mass is 465 g/mol. The van der Waals surface area contributed by atoms with Crippen LogP contribution in [0, 0.1) is 6.92 Å². The number of hydrogen-bond acceptors (Lipinski definition) is 4. The number of benzene rings is 2. The first kappa shape index (κ1) is 24.7. The highest BCUT2D eigenvalue weighted by Gasteiger charge is 2.31. The molecule has 0 aliphatic carbocycles. The number of halogens is 1. The first-order chi connectivity index (χ1) is 14.6. The van der Waals surface area contributed by atoms with Crippen molar-refractivity contribution in [2.75, 3.05) is 24.2 Å². The summed E-state index contributed by atoms with van der Waals surface area (Å²) in [6.07, 6.45) is 1.43. The molecule has 0 radical (unpaired) electrons. The zero-order chi connectivity index (χ0) is 23.2. The summed E-state index contributed by atoms with van der Waals surface area (Å²) in [5, 5.41) is 3.14. The van der Waals surface area contributed by atoms with Gasteiger partial charge in [0.2, 0.25) is 21.8 Å². The van der Waals surface area contributed by atoms with E-state index in [0.717, 1.165) is 21.7 Å². The van der Waals surface area contributed by atoms with Crippen molar-refractivity contribution in [3.63, 3.8) is 0 Å². The summed E-state index contributed by atoms with van der Waals surface area (Å²) in [5.41, 5.74) is 2.14. The molecule has 0 spiro atoms. The Hall–Kier alpha value is -2.58. The van der Waals surface area contributed by atoms with Gasteiger partial charge in [0.25, 0.3) is 0 Å². The molecule has 0 aliphatic rings. The standard InChI is InChI=1S/C22H28ClN3O4S/c1-5-20(22(28)24-3)25(14-17-8-10-18(23)11-9-17)21(27)15-26(31(4,29)30)19-12-6-16(2)7-13-19/h6-13,20H,5,14-15H2,1-4H3,(H,24,28)/t20-/m1/s1. The number of carbonyl (C=O) groups excluding carboxylic acids is 2. The van der Waals surface area contributed by atoms with Crippen LogP contribution in [0.2, 0.25) is 5.02 Å². The van der Waals surface area contributed by atoms with Crippen LogP contribution in [0.15, 0.2) is 48.5 Å². The van der Waals surface area contributed by atoms with Crippen molar-refractivity contribution >= 4 is 39.1 Å². The molecule has 0 aliphatic heterocycles. The molecule has 31 heavy (non-hydrogen) atoms. The Morgan fingerprint density at radius 3 is 2.13 bits per heavy atom. The van der Waals surface area contributed by atoms with Gasteiger partial charge in [-0.2, -0.15) is 0 Å². The van der Waals surface area contributed by atoms with Gasteiger partial charge in [0.05, 0.1) is 11.9 Å². The van der Waals surface area contributed by atoms with Gasteiger partial charge in [-0.1, -0.05) is 48.4 Å². The van der Waals surface area contributed by atoms with Crippen molar-refractivity contribution in [2.24, 2.45) is 0 Å². The van der Waals surface area contributed by atoms with Crippen molar-refractivity contribution in [3.05, 3.63) is 64.7 Å². The van der Waals surface area contributed by atoms with E-state index in [-0.39, 0.29) is 12.5 Å². The third-order valence-corrected chi connectivity index (χ3v) is 6.29. The van der Waals surface area contributed by atoms with E-state index in [0.29, 0.717) is 17.1 Å². The van der Waals surface area contributed by atoms with Crippen LogP contribution in [0.4, 0.5) is 5.69 Å². The highest BCUT2D eigenvalue weighted by atomic mass is 35.5. The fraction of sp³-hybridized carbons (Fsp3) is 0.364. The molecule has 2 aromatic carbocycles. The van der Waals surface area contributed by atoms with Crippen molar-refractivity contribution in [1.29, 1.82) is 0 Å². The molecule has 7 nitrogen and oxygen atoms in total. The molecule has 0 fully saturated rings. The van der Waals surface area contributed by atoms with E-state index in [1.807, 2.05) is 6.92 Å². The molecule has 2 rings (SSSR count). The van der Waals surface area contributed by atoms with Crippen LogP contribution in [0.5, 0.6) is 0 Å². The lowest BCUT2D eigenvalue weighted by Crippen LogP contribution is -2.51. The summed E-state index contributed by atoms with van der Waals surface area (Å²) in [6, 6.07) is 13.1. The summed E-state index contributed by atoms with van der Waals surface area (Å²) in [7, 11) is -2.22. The molecule has 2 amide bonds. The molecule has 0 aromatic heterocycles. The second-order valence-corrected chi connectivity index (χ2v) is 9.63. The van der Waals surface area contributed by atoms with Gasteiger partial charge in [-0.3, -0.25) is 13.9 Å². The Balaban J connectivity index is 2.40. The van der Waals surface area contributed by atoms with E-state index in [9.17, 15) is 18.0 Å². The average Bonchev–Trinajstić information content (AvgIpc) is 2.72. The third-order valence-electron chi connectivity index (χ3n) is 4.90. The Bertz CT molecular complexity index is 1010. The van der Waals surface area contributed by atoms with E-state index in [1.165, 1.54) is 11.9 Å². The third kappa shape index (κ3) is 6.70. The van der Waals surface area contributed by atoms with Crippen LogP contribution in [-0.2, 0) is 26.2 Å². The van der Waals surface area contributed by atoms with Crippen LogP contribution < -0.4 is 9.62 Å². The zero-order valence-electron chi connectivity index (χ0n) is 18.1. The Morgan fingerprint density at radius 2 is 1.65 bits per heavy atom. The molecule has 0 bridgehead atoms. The normalized spacial score (nSPS) is 12.2.